The Morgan fingerprint density at radius 2 is 1.95 bits per heavy atom. The molecule has 5 heterocycles. The van der Waals surface area contributed by atoms with Gasteiger partial charge in [-0.1, -0.05) is 35.3 Å². The predicted octanol–water partition coefficient (Wildman–Crippen LogP) is 5.38. The van der Waals surface area contributed by atoms with Crippen molar-refractivity contribution in [3.8, 4) is 11.1 Å². The predicted molar refractivity (Wildman–Crippen MR) is 159 cm³/mol. The largest absolute Gasteiger partial charge is 0.378 e. The Hall–Kier alpha value is -3.51. The van der Waals surface area contributed by atoms with Gasteiger partial charge in [0, 0.05) is 65.2 Å². The maximum absolute atomic E-state index is 14.3. The van der Waals surface area contributed by atoms with Gasteiger partial charge in [-0.15, -0.1) is 11.3 Å². The van der Waals surface area contributed by atoms with E-state index < -0.39 is 24.0 Å². The van der Waals surface area contributed by atoms with Crippen LogP contribution < -0.4 is 10.2 Å². The minimum Gasteiger partial charge on any atom is -0.378 e. The van der Waals surface area contributed by atoms with Crippen molar-refractivity contribution in [2.45, 2.75) is 31.7 Å². The first-order valence-corrected chi connectivity index (χ1v) is 15.2. The molecule has 1 fully saturated rings. The molecule has 0 aliphatic carbocycles. The Balaban J connectivity index is 1.24. The standard InChI is InChI=1S/C29H25Cl2FN6O3S/c30-21-12-19(16-1-3-18(4-2-16)36-6-8-41-9-7-36)24(31)23-20(21)14-38(28(23)40)26(27(39)35-29-33-5-10-42-29)25-22-11-17(32)13-37(22)15-34-25/h1-5,10,12,15,17,26H,6-9,11,13-14H2,(H,33,35,39)/t17-,26?/m1/s1. The highest BCUT2D eigenvalue weighted by Crippen LogP contribution is 2.44. The molecule has 7 rings (SSSR count). The fraction of sp³-hybridized carbons (Fsp3) is 0.310. The number of imidazole rings is 1. The topological polar surface area (TPSA) is 92.6 Å². The Bertz CT molecular complexity index is 1670. The molecule has 0 saturated carbocycles. The van der Waals surface area contributed by atoms with Crippen LogP contribution in [0.2, 0.25) is 10.0 Å². The number of carbonyl (C=O) groups is 2. The molecule has 2 aromatic heterocycles. The second kappa shape index (κ2) is 11.0. The fourth-order valence-corrected chi connectivity index (χ4v) is 7.06. The molecule has 42 heavy (non-hydrogen) atoms. The van der Waals surface area contributed by atoms with Crippen LogP contribution >= 0.6 is 34.5 Å². The van der Waals surface area contributed by atoms with Gasteiger partial charge >= 0.3 is 0 Å². The Kier molecular flexibility index (Phi) is 7.13. The highest BCUT2D eigenvalue weighted by molar-refractivity contribution is 7.13. The molecule has 0 bridgehead atoms. The van der Waals surface area contributed by atoms with Gasteiger partial charge in [0.25, 0.3) is 11.8 Å². The smallest absolute Gasteiger partial charge is 0.257 e. The Morgan fingerprint density at radius 3 is 2.69 bits per heavy atom. The quantitative estimate of drug-likeness (QED) is 0.309. The zero-order chi connectivity index (χ0) is 29.0. The Morgan fingerprint density at radius 1 is 1.17 bits per heavy atom. The molecule has 0 spiro atoms. The van der Waals surface area contributed by atoms with E-state index in [4.69, 9.17) is 27.9 Å². The molecule has 3 aliphatic rings. The number of thiazole rings is 1. The molecule has 4 aromatic rings. The van der Waals surface area contributed by atoms with Gasteiger partial charge in [-0.3, -0.25) is 14.9 Å². The average molecular weight is 628 g/mol. The first kappa shape index (κ1) is 27.3. The first-order valence-electron chi connectivity index (χ1n) is 13.5. The number of aromatic nitrogens is 3. The molecule has 2 atom stereocenters. The summed E-state index contributed by atoms with van der Waals surface area (Å²) in [6.07, 6.45) is 2.11. The van der Waals surface area contributed by atoms with Crippen molar-refractivity contribution < 1.29 is 18.7 Å². The number of carbonyl (C=O) groups excluding carboxylic acids is 2. The summed E-state index contributed by atoms with van der Waals surface area (Å²) in [5.74, 6) is -0.944. The van der Waals surface area contributed by atoms with Crippen molar-refractivity contribution in [2.24, 2.45) is 0 Å². The number of anilines is 2. The number of hydrogen-bond donors (Lipinski definition) is 1. The summed E-state index contributed by atoms with van der Waals surface area (Å²) in [7, 11) is 0. The molecule has 1 unspecified atom stereocenters. The number of morpholine rings is 1. The van der Waals surface area contributed by atoms with Crippen molar-refractivity contribution in [3.63, 3.8) is 0 Å². The number of hydrogen-bond acceptors (Lipinski definition) is 7. The van der Waals surface area contributed by atoms with Crippen LogP contribution in [0.15, 0.2) is 48.2 Å². The minimum absolute atomic E-state index is 0.0459. The molecule has 1 saturated heterocycles. The zero-order valence-electron chi connectivity index (χ0n) is 22.2. The second-order valence-electron chi connectivity index (χ2n) is 10.4. The first-order chi connectivity index (χ1) is 20.4. The fourth-order valence-electron chi connectivity index (χ4n) is 5.91. The molecule has 13 heteroatoms. The van der Waals surface area contributed by atoms with E-state index in [1.807, 2.05) is 24.3 Å². The molecular weight excluding hydrogens is 602 g/mol. The van der Waals surface area contributed by atoms with Crippen LogP contribution in [0.4, 0.5) is 15.2 Å². The van der Waals surface area contributed by atoms with Crippen LogP contribution in [-0.2, 0) is 29.0 Å². The maximum atomic E-state index is 14.3. The van der Waals surface area contributed by atoms with Gasteiger partial charge in [0.2, 0.25) is 0 Å². The maximum Gasteiger partial charge on any atom is 0.257 e. The summed E-state index contributed by atoms with van der Waals surface area (Å²) < 4.78 is 21.5. The third-order valence-corrected chi connectivity index (χ3v) is 9.36. The third kappa shape index (κ3) is 4.74. The summed E-state index contributed by atoms with van der Waals surface area (Å²) in [6.45, 7) is 3.21. The summed E-state index contributed by atoms with van der Waals surface area (Å²) in [5, 5.41) is 5.54. The van der Waals surface area contributed by atoms with E-state index in [9.17, 15) is 14.0 Å². The van der Waals surface area contributed by atoms with E-state index in [1.54, 1.807) is 22.2 Å². The van der Waals surface area contributed by atoms with E-state index in [-0.39, 0.29) is 30.1 Å². The van der Waals surface area contributed by atoms with E-state index in [2.05, 4.69) is 20.2 Å². The lowest BCUT2D eigenvalue weighted by atomic mass is 9.99. The SMILES string of the molecule is O=C(Nc1nccs1)C(c1ncn2c1C[C@@H](F)C2)N1Cc2c(Cl)cc(-c3ccc(N4CCOCC4)cc3)c(Cl)c2C1=O. The number of nitrogens with one attached hydrogen (secondary N) is 1. The molecule has 216 valence electrons. The number of amides is 2. The van der Waals surface area contributed by atoms with Crippen LogP contribution in [0, 0.1) is 0 Å². The number of fused-ring (bicyclic) bond motifs is 2. The number of benzene rings is 2. The molecule has 2 amide bonds. The van der Waals surface area contributed by atoms with E-state index in [0.29, 0.717) is 45.9 Å². The number of halogens is 3. The van der Waals surface area contributed by atoms with Crippen molar-refractivity contribution in [3.05, 3.63) is 80.8 Å². The van der Waals surface area contributed by atoms with E-state index in [0.717, 1.165) is 24.3 Å². The van der Waals surface area contributed by atoms with Crippen molar-refractivity contribution >= 4 is 57.2 Å². The number of nitrogens with zero attached hydrogens (tertiary/aromatic N) is 5. The lowest BCUT2D eigenvalue weighted by Gasteiger charge is -2.29. The molecule has 0 radical (unpaired) electrons. The lowest BCUT2D eigenvalue weighted by molar-refractivity contribution is -0.121. The molecular formula is C29H25Cl2FN6O3S. The van der Waals surface area contributed by atoms with Gasteiger partial charge in [-0.05, 0) is 23.8 Å². The van der Waals surface area contributed by atoms with Gasteiger partial charge in [-0.2, -0.15) is 0 Å². The van der Waals surface area contributed by atoms with Gasteiger partial charge in [0.05, 0.1) is 42.4 Å². The van der Waals surface area contributed by atoms with Crippen molar-refractivity contribution in [1.82, 2.24) is 19.4 Å². The summed E-state index contributed by atoms with van der Waals surface area (Å²) in [6, 6.07) is 8.57. The number of alkyl halides is 1. The van der Waals surface area contributed by atoms with Crippen molar-refractivity contribution in [1.29, 1.82) is 0 Å². The molecule has 9 nitrogen and oxygen atoms in total. The van der Waals surface area contributed by atoms with Crippen LogP contribution in [0.1, 0.15) is 33.4 Å². The van der Waals surface area contributed by atoms with Gasteiger partial charge in [0.1, 0.15) is 6.17 Å². The summed E-state index contributed by atoms with van der Waals surface area (Å²) in [4.78, 5) is 40.1. The monoisotopic (exact) mass is 626 g/mol. The van der Waals surface area contributed by atoms with E-state index >= 15 is 0 Å². The van der Waals surface area contributed by atoms with Gasteiger partial charge in [0.15, 0.2) is 11.2 Å². The zero-order valence-corrected chi connectivity index (χ0v) is 24.6. The number of rotatable bonds is 6. The van der Waals surface area contributed by atoms with Crippen molar-refractivity contribution in [2.75, 3.05) is 36.5 Å². The average Bonchev–Trinajstić information content (AvgIpc) is 3.78. The van der Waals surface area contributed by atoms with Crippen LogP contribution in [0.5, 0.6) is 0 Å². The van der Waals surface area contributed by atoms with Gasteiger partial charge in [-0.25, -0.2) is 14.4 Å². The summed E-state index contributed by atoms with van der Waals surface area (Å²) >= 11 is 15.0. The highest BCUT2D eigenvalue weighted by atomic mass is 35.5. The molecule has 3 aliphatic heterocycles. The van der Waals surface area contributed by atoms with Crippen LogP contribution in [-0.4, -0.2) is 63.7 Å². The summed E-state index contributed by atoms with van der Waals surface area (Å²) in [5.41, 5.74) is 4.21. The Labute approximate surface area is 254 Å². The van der Waals surface area contributed by atoms with Crippen LogP contribution in [0.25, 0.3) is 11.1 Å². The number of ether oxygens (including phenoxy) is 1. The molecule has 2 aromatic carbocycles. The lowest BCUT2D eigenvalue weighted by Crippen LogP contribution is -2.38. The van der Waals surface area contributed by atoms with Gasteiger partial charge < -0.3 is 19.1 Å². The minimum atomic E-state index is -1.14. The molecule has 1 N–H and O–H groups in total. The highest BCUT2D eigenvalue weighted by Gasteiger charge is 2.43. The third-order valence-electron chi connectivity index (χ3n) is 7.94. The second-order valence-corrected chi connectivity index (χ2v) is 12.1. The van der Waals surface area contributed by atoms with Crippen LogP contribution in [0.3, 0.4) is 0 Å². The normalized spacial score (nSPS) is 18.7. The van der Waals surface area contributed by atoms with E-state index in [1.165, 1.54) is 22.6 Å².